The summed E-state index contributed by atoms with van der Waals surface area (Å²) in [6.07, 6.45) is 5.02. The van der Waals surface area contributed by atoms with Crippen LogP contribution in [0.5, 0.6) is 0 Å². The van der Waals surface area contributed by atoms with Crippen LogP contribution in [-0.4, -0.2) is 0 Å². The Hall–Kier alpha value is -0.500. The van der Waals surface area contributed by atoms with Gasteiger partial charge >= 0.3 is 0 Å². The summed E-state index contributed by atoms with van der Waals surface area (Å²) in [5, 5.41) is 0. The Morgan fingerprint density at radius 1 is 1.31 bits per heavy atom. The average molecular weight is 240 g/mol. The van der Waals surface area contributed by atoms with Crippen molar-refractivity contribution in [2.24, 2.45) is 0 Å². The van der Waals surface area contributed by atoms with Crippen molar-refractivity contribution < 1.29 is 0 Å². The molecule has 1 aromatic rings. The fraction of sp³-hybridized carbons (Fsp3) is 0.455. The van der Waals surface area contributed by atoms with Gasteiger partial charge in [-0.2, -0.15) is 0 Å². The van der Waals surface area contributed by atoms with Gasteiger partial charge in [-0.05, 0) is 65.2 Å². The Balaban J connectivity index is 2.60. The van der Waals surface area contributed by atoms with Crippen LogP contribution in [0.2, 0.25) is 0 Å². The highest BCUT2D eigenvalue weighted by Crippen LogP contribution is 2.34. The molecule has 1 aliphatic carbocycles. The van der Waals surface area contributed by atoms with Gasteiger partial charge in [-0.25, -0.2) is 0 Å². The number of benzene rings is 1. The van der Waals surface area contributed by atoms with E-state index in [-0.39, 0.29) is 0 Å². The van der Waals surface area contributed by atoms with Crippen molar-refractivity contribution in [1.29, 1.82) is 0 Å². The predicted octanol–water partition coefficient (Wildman–Crippen LogP) is 3.22. The third-order valence-electron chi connectivity index (χ3n) is 2.83. The third kappa shape index (κ3) is 1.48. The molecule has 0 aromatic heterocycles. The number of fused-ring (bicyclic) bond motifs is 1. The van der Waals surface area contributed by atoms with E-state index in [4.69, 9.17) is 5.73 Å². The van der Waals surface area contributed by atoms with Crippen molar-refractivity contribution in [2.75, 3.05) is 5.73 Å². The van der Waals surface area contributed by atoms with E-state index in [1.54, 1.807) is 0 Å². The second kappa shape index (κ2) is 3.33. The molecule has 0 saturated carbocycles. The summed E-state index contributed by atoms with van der Waals surface area (Å²) >= 11 is 3.59. The Kier molecular flexibility index (Phi) is 2.33. The zero-order chi connectivity index (χ0) is 9.42. The molecule has 0 aliphatic heterocycles. The van der Waals surface area contributed by atoms with Gasteiger partial charge in [0.25, 0.3) is 0 Å². The van der Waals surface area contributed by atoms with Crippen molar-refractivity contribution in [2.45, 2.75) is 32.6 Å². The zero-order valence-corrected chi connectivity index (χ0v) is 9.45. The minimum Gasteiger partial charge on any atom is -0.398 e. The minimum atomic E-state index is 0.917. The van der Waals surface area contributed by atoms with E-state index in [1.807, 2.05) is 0 Å². The molecular weight excluding hydrogens is 226 g/mol. The molecule has 2 rings (SSSR count). The highest BCUT2D eigenvalue weighted by atomic mass is 79.9. The Labute approximate surface area is 87.5 Å². The summed E-state index contributed by atoms with van der Waals surface area (Å²) in [6, 6.07) is 2.24. The lowest BCUT2D eigenvalue weighted by Crippen LogP contribution is -2.06. The van der Waals surface area contributed by atoms with Gasteiger partial charge in [0.1, 0.15) is 0 Å². The molecule has 0 saturated heterocycles. The van der Waals surface area contributed by atoms with E-state index in [2.05, 4.69) is 28.9 Å². The minimum absolute atomic E-state index is 0.917. The van der Waals surface area contributed by atoms with Crippen LogP contribution in [0.3, 0.4) is 0 Å². The lowest BCUT2D eigenvalue weighted by atomic mass is 9.90. The number of nitrogen functional groups attached to an aromatic ring is 1. The van der Waals surface area contributed by atoms with Gasteiger partial charge < -0.3 is 5.73 Å². The van der Waals surface area contributed by atoms with Crippen LogP contribution in [0.25, 0.3) is 0 Å². The number of aryl methyl sites for hydroxylation is 2. The zero-order valence-electron chi connectivity index (χ0n) is 7.86. The van der Waals surface area contributed by atoms with E-state index in [1.165, 1.54) is 42.4 Å². The predicted molar refractivity (Wildman–Crippen MR) is 59.9 cm³/mol. The van der Waals surface area contributed by atoms with Crippen LogP contribution >= 0.6 is 15.9 Å². The molecule has 0 spiro atoms. The maximum absolute atomic E-state index is 5.96. The Bertz CT molecular complexity index is 344. The topological polar surface area (TPSA) is 26.0 Å². The quantitative estimate of drug-likeness (QED) is 0.692. The first-order valence-corrected chi connectivity index (χ1v) is 5.56. The second-order valence-corrected chi connectivity index (χ2v) is 4.56. The van der Waals surface area contributed by atoms with E-state index >= 15 is 0 Å². The van der Waals surface area contributed by atoms with Crippen molar-refractivity contribution in [1.82, 2.24) is 0 Å². The first-order valence-electron chi connectivity index (χ1n) is 4.76. The molecule has 70 valence electrons. The van der Waals surface area contributed by atoms with Crippen LogP contribution in [0, 0.1) is 6.92 Å². The molecule has 0 amide bonds. The monoisotopic (exact) mass is 239 g/mol. The molecular formula is C11H14BrN. The maximum atomic E-state index is 5.96. The van der Waals surface area contributed by atoms with Gasteiger partial charge in [0, 0.05) is 10.2 Å². The third-order valence-corrected chi connectivity index (χ3v) is 3.73. The van der Waals surface area contributed by atoms with Gasteiger partial charge in [0.2, 0.25) is 0 Å². The van der Waals surface area contributed by atoms with Crippen LogP contribution in [0.15, 0.2) is 10.5 Å². The molecule has 1 nitrogen and oxygen atoms in total. The summed E-state index contributed by atoms with van der Waals surface area (Å²) in [4.78, 5) is 0. The summed E-state index contributed by atoms with van der Waals surface area (Å²) < 4.78 is 1.14. The maximum Gasteiger partial charge on any atom is 0.0491 e. The van der Waals surface area contributed by atoms with Crippen molar-refractivity contribution in [3.05, 3.63) is 27.2 Å². The van der Waals surface area contributed by atoms with Gasteiger partial charge in [0.05, 0.1) is 0 Å². The number of hydrogen-bond acceptors (Lipinski definition) is 1. The lowest BCUT2D eigenvalue weighted by molar-refractivity contribution is 0.683. The highest BCUT2D eigenvalue weighted by molar-refractivity contribution is 9.10. The molecule has 0 unspecified atom stereocenters. The van der Waals surface area contributed by atoms with E-state index in [9.17, 15) is 0 Å². The summed E-state index contributed by atoms with van der Waals surface area (Å²) in [5.41, 5.74) is 11.0. The molecule has 2 heteroatoms. The second-order valence-electron chi connectivity index (χ2n) is 3.77. The van der Waals surface area contributed by atoms with E-state index < -0.39 is 0 Å². The largest absolute Gasteiger partial charge is 0.398 e. The molecule has 1 aliphatic rings. The van der Waals surface area contributed by atoms with Crippen molar-refractivity contribution in [3.63, 3.8) is 0 Å². The smallest absolute Gasteiger partial charge is 0.0491 e. The summed E-state index contributed by atoms with van der Waals surface area (Å²) in [6.45, 7) is 2.08. The molecule has 0 bridgehead atoms. The molecule has 0 atom stereocenters. The normalized spacial score (nSPS) is 15.5. The first kappa shape index (κ1) is 9.07. The standard InChI is InChI=1S/C11H14BrN/c1-7-6-8-4-2-3-5-9(8)10(12)11(7)13/h6H,2-5,13H2,1H3. The number of anilines is 1. The summed E-state index contributed by atoms with van der Waals surface area (Å²) in [7, 11) is 0. The lowest BCUT2D eigenvalue weighted by Gasteiger charge is -2.19. The van der Waals surface area contributed by atoms with Gasteiger partial charge in [-0.1, -0.05) is 6.07 Å². The number of hydrogen-bond donors (Lipinski definition) is 1. The van der Waals surface area contributed by atoms with Crippen LogP contribution in [0.1, 0.15) is 29.5 Å². The summed E-state index contributed by atoms with van der Waals surface area (Å²) in [5.74, 6) is 0. The molecule has 0 heterocycles. The molecule has 13 heavy (non-hydrogen) atoms. The van der Waals surface area contributed by atoms with Crippen molar-refractivity contribution in [3.8, 4) is 0 Å². The SMILES string of the molecule is Cc1cc2c(c(Br)c1N)CCCC2. The van der Waals surface area contributed by atoms with Crippen LogP contribution < -0.4 is 5.73 Å². The average Bonchev–Trinajstić information content (AvgIpc) is 2.15. The van der Waals surface area contributed by atoms with Crippen LogP contribution in [-0.2, 0) is 12.8 Å². The Morgan fingerprint density at radius 3 is 2.77 bits per heavy atom. The number of nitrogens with two attached hydrogens (primary N) is 1. The molecule has 1 aromatic carbocycles. The number of rotatable bonds is 0. The molecule has 2 N–H and O–H groups in total. The fourth-order valence-corrected chi connectivity index (χ4v) is 2.78. The van der Waals surface area contributed by atoms with Crippen molar-refractivity contribution >= 4 is 21.6 Å². The molecule has 0 fully saturated rings. The van der Waals surface area contributed by atoms with Gasteiger partial charge in [0.15, 0.2) is 0 Å². The van der Waals surface area contributed by atoms with E-state index in [0.29, 0.717) is 0 Å². The first-order chi connectivity index (χ1) is 6.20. The van der Waals surface area contributed by atoms with E-state index in [0.717, 1.165) is 10.2 Å². The van der Waals surface area contributed by atoms with Gasteiger partial charge in [-0.15, -0.1) is 0 Å². The fourth-order valence-electron chi connectivity index (χ4n) is 2.01. The molecule has 0 radical (unpaired) electrons. The van der Waals surface area contributed by atoms with Crippen LogP contribution in [0.4, 0.5) is 5.69 Å². The highest BCUT2D eigenvalue weighted by Gasteiger charge is 2.15. The Morgan fingerprint density at radius 2 is 2.00 bits per heavy atom. The number of halogens is 1. The van der Waals surface area contributed by atoms with Gasteiger partial charge in [-0.3, -0.25) is 0 Å².